The van der Waals surface area contributed by atoms with Crippen molar-refractivity contribution in [2.75, 3.05) is 26.2 Å². The fourth-order valence-electron chi connectivity index (χ4n) is 3.13. The monoisotopic (exact) mass is 424 g/mol. The lowest BCUT2D eigenvalue weighted by Crippen LogP contribution is -2.37. The minimum Gasteiger partial charge on any atom is -0.481 e. The second-order valence-corrected chi connectivity index (χ2v) is 7.20. The summed E-state index contributed by atoms with van der Waals surface area (Å²) in [4.78, 5) is 34.3. The van der Waals surface area contributed by atoms with Gasteiger partial charge < -0.3 is 20.1 Å². The molecule has 0 spiro atoms. The van der Waals surface area contributed by atoms with Gasteiger partial charge in [0.05, 0.1) is 13.1 Å². The van der Waals surface area contributed by atoms with E-state index in [0.29, 0.717) is 19.4 Å². The molecular formula is C21H32N2O7. The van der Waals surface area contributed by atoms with E-state index in [1.165, 1.54) is 4.90 Å². The van der Waals surface area contributed by atoms with Crippen molar-refractivity contribution >= 4 is 17.9 Å². The van der Waals surface area contributed by atoms with Crippen LogP contribution in [0.15, 0.2) is 30.3 Å². The van der Waals surface area contributed by atoms with E-state index in [1.54, 1.807) is 0 Å². The molecule has 9 heteroatoms. The minimum absolute atomic E-state index is 0.0619. The Kier molecular flexibility index (Phi) is 12.1. The molecule has 0 aliphatic heterocycles. The van der Waals surface area contributed by atoms with Gasteiger partial charge in [0.25, 0.3) is 0 Å². The summed E-state index contributed by atoms with van der Waals surface area (Å²) in [6.45, 7) is 2.00. The normalized spacial score (nSPS) is 13.0. The van der Waals surface area contributed by atoms with Crippen LogP contribution in [0.5, 0.6) is 5.75 Å². The van der Waals surface area contributed by atoms with Crippen molar-refractivity contribution in [2.24, 2.45) is 5.92 Å². The molecule has 30 heavy (non-hydrogen) atoms. The molecule has 168 valence electrons. The van der Waals surface area contributed by atoms with Gasteiger partial charge in [0, 0.05) is 6.42 Å². The van der Waals surface area contributed by atoms with Crippen LogP contribution in [0.25, 0.3) is 0 Å². The lowest BCUT2D eigenvalue weighted by Gasteiger charge is -2.24. The largest absolute Gasteiger partial charge is 0.481 e. The predicted octanol–water partition coefficient (Wildman–Crippen LogP) is 2.12. The van der Waals surface area contributed by atoms with E-state index in [2.05, 4.69) is 12.2 Å². The lowest BCUT2D eigenvalue weighted by molar-refractivity contribution is -0.143. The lowest BCUT2D eigenvalue weighted by atomic mass is 9.97. The zero-order valence-electron chi connectivity index (χ0n) is 17.3. The third-order valence-electron chi connectivity index (χ3n) is 4.53. The van der Waals surface area contributed by atoms with E-state index in [4.69, 9.17) is 14.9 Å². The van der Waals surface area contributed by atoms with Crippen molar-refractivity contribution in [3.05, 3.63) is 30.3 Å². The number of rotatable bonds is 17. The molecule has 0 aliphatic rings. The van der Waals surface area contributed by atoms with Crippen LogP contribution in [0, 0.1) is 5.92 Å². The van der Waals surface area contributed by atoms with Gasteiger partial charge in [-0.1, -0.05) is 31.5 Å². The number of hydrogen-bond acceptors (Lipinski definition) is 6. The van der Waals surface area contributed by atoms with Gasteiger partial charge in [-0.3, -0.25) is 24.6 Å². The zero-order chi connectivity index (χ0) is 22.4. The molecule has 1 aromatic rings. The Balaban J connectivity index is 2.57. The topological polar surface area (TPSA) is 136 Å². The first kappa shape index (κ1) is 25.4. The van der Waals surface area contributed by atoms with Gasteiger partial charge in [-0.25, -0.2) is 0 Å². The van der Waals surface area contributed by atoms with E-state index < -0.39 is 31.0 Å². The maximum Gasteiger partial charge on any atom is 0.317 e. The van der Waals surface area contributed by atoms with Crippen LogP contribution in [0.3, 0.4) is 0 Å². The van der Waals surface area contributed by atoms with Crippen LogP contribution in [-0.2, 0) is 14.4 Å². The Morgan fingerprint density at radius 1 is 0.967 bits per heavy atom. The van der Waals surface area contributed by atoms with Gasteiger partial charge in [0.1, 0.15) is 12.0 Å². The molecule has 1 rings (SSSR count). The smallest absolute Gasteiger partial charge is 0.317 e. The van der Waals surface area contributed by atoms with E-state index in [0.717, 1.165) is 18.6 Å². The van der Waals surface area contributed by atoms with E-state index in [9.17, 15) is 19.5 Å². The van der Waals surface area contributed by atoms with Gasteiger partial charge in [-0.2, -0.15) is 0 Å². The standard InChI is InChI=1S/C21H32N2O7/c1-2-6-18(30-17-7-4-3-5-8-17)22-11-9-16(13-19(24)25)10-12-23(14-20(26)27)15-21(28)29/h3-5,7-8,16,18,22H,2,6,9-15H2,1H3,(H,24,25)(H,26,27)(H,28,29). The first-order valence-electron chi connectivity index (χ1n) is 10.1. The predicted molar refractivity (Wildman–Crippen MR) is 110 cm³/mol. The third-order valence-corrected chi connectivity index (χ3v) is 4.53. The second kappa shape index (κ2) is 14.4. The number of para-hydroxylation sites is 1. The van der Waals surface area contributed by atoms with Crippen molar-refractivity contribution in [1.82, 2.24) is 10.2 Å². The SMILES string of the molecule is CCCC(NCCC(CCN(CC(=O)O)CC(=O)O)CC(=O)O)Oc1ccccc1. The Bertz CT molecular complexity index is 638. The third kappa shape index (κ3) is 12.0. The van der Waals surface area contributed by atoms with Crippen LogP contribution >= 0.6 is 0 Å². The van der Waals surface area contributed by atoms with Crippen molar-refractivity contribution < 1.29 is 34.4 Å². The van der Waals surface area contributed by atoms with Crippen molar-refractivity contribution in [3.63, 3.8) is 0 Å². The Morgan fingerprint density at radius 2 is 1.60 bits per heavy atom. The minimum atomic E-state index is -1.12. The molecule has 9 nitrogen and oxygen atoms in total. The van der Waals surface area contributed by atoms with Gasteiger partial charge in [-0.05, 0) is 50.4 Å². The highest BCUT2D eigenvalue weighted by Gasteiger charge is 2.19. The average molecular weight is 424 g/mol. The molecular weight excluding hydrogens is 392 g/mol. The summed E-state index contributed by atoms with van der Waals surface area (Å²) >= 11 is 0. The number of ether oxygens (including phenoxy) is 1. The fourth-order valence-corrected chi connectivity index (χ4v) is 3.13. The molecule has 0 aliphatic carbocycles. The maximum absolute atomic E-state index is 11.2. The van der Waals surface area contributed by atoms with E-state index >= 15 is 0 Å². The number of benzene rings is 1. The molecule has 0 radical (unpaired) electrons. The molecule has 2 unspecified atom stereocenters. The molecule has 4 N–H and O–H groups in total. The number of nitrogens with one attached hydrogen (secondary N) is 1. The van der Waals surface area contributed by atoms with Gasteiger partial charge >= 0.3 is 17.9 Å². The Hall–Kier alpha value is -2.65. The summed E-state index contributed by atoms with van der Waals surface area (Å²) < 4.78 is 5.94. The maximum atomic E-state index is 11.2. The van der Waals surface area contributed by atoms with Crippen molar-refractivity contribution in [2.45, 2.75) is 45.3 Å². The van der Waals surface area contributed by atoms with Gasteiger partial charge in [0.2, 0.25) is 0 Å². The Labute approximate surface area is 176 Å². The summed E-state index contributed by atoms with van der Waals surface area (Å²) in [6.07, 6.45) is 2.41. The molecule has 0 saturated carbocycles. The molecule has 1 aromatic carbocycles. The van der Waals surface area contributed by atoms with Crippen LogP contribution in [0.2, 0.25) is 0 Å². The quantitative estimate of drug-likeness (QED) is 0.277. The average Bonchev–Trinajstić information content (AvgIpc) is 2.65. The van der Waals surface area contributed by atoms with Crippen LogP contribution in [-0.4, -0.2) is 70.5 Å². The fraction of sp³-hybridized carbons (Fsp3) is 0.571. The zero-order valence-corrected chi connectivity index (χ0v) is 17.3. The highest BCUT2D eigenvalue weighted by atomic mass is 16.5. The highest BCUT2D eigenvalue weighted by molar-refractivity contribution is 5.72. The molecule has 0 saturated heterocycles. The number of carboxylic acid groups (broad SMARTS) is 3. The van der Waals surface area contributed by atoms with E-state index in [1.807, 2.05) is 30.3 Å². The Morgan fingerprint density at radius 3 is 2.13 bits per heavy atom. The van der Waals surface area contributed by atoms with Gasteiger partial charge in [-0.15, -0.1) is 0 Å². The van der Waals surface area contributed by atoms with Crippen molar-refractivity contribution in [1.29, 1.82) is 0 Å². The van der Waals surface area contributed by atoms with Crippen molar-refractivity contribution in [3.8, 4) is 5.75 Å². The molecule has 0 heterocycles. The first-order valence-corrected chi connectivity index (χ1v) is 10.1. The molecule has 0 fully saturated rings. The van der Waals surface area contributed by atoms with Crippen LogP contribution in [0.4, 0.5) is 0 Å². The summed E-state index contributed by atoms with van der Waals surface area (Å²) in [5, 5.41) is 30.3. The number of aliphatic carboxylic acids is 3. The highest BCUT2D eigenvalue weighted by Crippen LogP contribution is 2.16. The number of carboxylic acids is 3. The molecule has 0 bridgehead atoms. The second-order valence-electron chi connectivity index (χ2n) is 7.20. The summed E-state index contributed by atoms with van der Waals surface area (Å²) in [6, 6.07) is 9.43. The van der Waals surface area contributed by atoms with E-state index in [-0.39, 0.29) is 25.1 Å². The first-order chi connectivity index (χ1) is 14.3. The van der Waals surface area contributed by atoms with Crippen LogP contribution < -0.4 is 10.1 Å². The summed E-state index contributed by atoms with van der Waals surface area (Å²) in [5.41, 5.74) is 0. The number of nitrogens with zero attached hydrogens (tertiary/aromatic N) is 1. The molecule has 0 amide bonds. The summed E-state index contributed by atoms with van der Waals surface area (Å²) in [7, 11) is 0. The van der Waals surface area contributed by atoms with Crippen LogP contribution in [0.1, 0.15) is 39.0 Å². The molecule has 2 atom stereocenters. The number of carbonyl (C=O) groups is 3. The number of hydrogen-bond donors (Lipinski definition) is 4. The molecule has 0 aromatic heterocycles. The van der Waals surface area contributed by atoms with Gasteiger partial charge in [0.15, 0.2) is 0 Å². The summed E-state index contributed by atoms with van der Waals surface area (Å²) in [5.74, 6) is -2.63.